The Morgan fingerprint density at radius 2 is 2.00 bits per heavy atom. The lowest BCUT2D eigenvalue weighted by atomic mass is 10.0. The summed E-state index contributed by atoms with van der Waals surface area (Å²) < 4.78 is 0. The minimum Gasteiger partial charge on any atom is -0.337 e. The van der Waals surface area contributed by atoms with Crippen molar-refractivity contribution in [1.29, 1.82) is 5.41 Å². The van der Waals surface area contributed by atoms with E-state index >= 15 is 0 Å². The van der Waals surface area contributed by atoms with E-state index < -0.39 is 5.54 Å². The van der Waals surface area contributed by atoms with Gasteiger partial charge in [-0.3, -0.25) is 15.0 Å². The van der Waals surface area contributed by atoms with Gasteiger partial charge < -0.3 is 15.5 Å². The highest BCUT2D eigenvalue weighted by molar-refractivity contribution is 7.14. The summed E-state index contributed by atoms with van der Waals surface area (Å²) in [5.41, 5.74) is 1.52. The molecule has 1 fully saturated rings. The van der Waals surface area contributed by atoms with E-state index in [9.17, 15) is 9.59 Å². The summed E-state index contributed by atoms with van der Waals surface area (Å²) in [7, 11) is 0. The maximum absolute atomic E-state index is 12.8. The van der Waals surface area contributed by atoms with E-state index in [2.05, 4.69) is 16.6 Å². The van der Waals surface area contributed by atoms with Gasteiger partial charge in [-0.15, -0.1) is 17.8 Å². The summed E-state index contributed by atoms with van der Waals surface area (Å²) in [4.78, 5) is 28.4. The van der Waals surface area contributed by atoms with Crippen LogP contribution in [0.4, 0.5) is 11.4 Å². The molecule has 0 bridgehead atoms. The highest BCUT2D eigenvalue weighted by atomic mass is 32.1. The van der Waals surface area contributed by atoms with E-state index in [1.165, 1.54) is 11.3 Å². The molecule has 1 aliphatic heterocycles. The van der Waals surface area contributed by atoms with Crippen LogP contribution in [0.25, 0.3) is 0 Å². The average Bonchev–Trinajstić information content (AvgIpc) is 3.18. The molecule has 1 saturated heterocycles. The summed E-state index contributed by atoms with van der Waals surface area (Å²) in [5.74, 6) is 2.48. The molecule has 0 radical (unpaired) electrons. The first kappa shape index (κ1) is 21.6. The molecule has 3 rings (SSSR count). The number of rotatable bonds is 5. The van der Waals surface area contributed by atoms with Crippen molar-refractivity contribution in [3.63, 3.8) is 0 Å². The summed E-state index contributed by atoms with van der Waals surface area (Å²) >= 11 is 1.21. The first-order valence-corrected chi connectivity index (χ1v) is 10.7. The van der Waals surface area contributed by atoms with Crippen molar-refractivity contribution in [2.45, 2.75) is 45.6 Å². The van der Waals surface area contributed by atoms with Crippen LogP contribution in [0.1, 0.15) is 53.2 Å². The number of thiophene rings is 1. The molecule has 2 aromatic rings. The minimum atomic E-state index is -1.11. The second-order valence-electron chi connectivity index (χ2n) is 7.90. The standard InChI is InChI=1S/C23H26N4O2S/c1-5-17-10-12-19(30-17)21(28)26-23(3,4)22(29)25-16-9-11-18(15(2)14-16)27-13-7-6-8-20(27)24/h1,9-12,14,24H,6-8,13H2,2-4H3,(H,25,29)(H,26,28). The number of carbonyl (C=O) groups excluding carboxylic acids is 2. The Morgan fingerprint density at radius 1 is 1.23 bits per heavy atom. The number of nitrogens with one attached hydrogen (secondary N) is 3. The minimum absolute atomic E-state index is 0.317. The molecule has 0 unspecified atom stereocenters. The zero-order valence-electron chi connectivity index (χ0n) is 17.5. The smallest absolute Gasteiger partial charge is 0.262 e. The van der Waals surface area contributed by atoms with Crippen LogP contribution in [0.3, 0.4) is 0 Å². The number of benzene rings is 1. The van der Waals surface area contributed by atoms with Crippen molar-refractivity contribution in [3.8, 4) is 12.3 Å². The first-order chi connectivity index (χ1) is 14.2. The fraction of sp³-hybridized carbons (Fsp3) is 0.348. The number of carbonyl (C=O) groups is 2. The third-order valence-electron chi connectivity index (χ3n) is 5.08. The van der Waals surface area contributed by atoms with Gasteiger partial charge >= 0.3 is 0 Å². The molecule has 2 amide bonds. The lowest BCUT2D eigenvalue weighted by Crippen LogP contribution is -2.52. The van der Waals surface area contributed by atoms with Gasteiger partial charge in [0.05, 0.1) is 9.75 Å². The Balaban J connectivity index is 1.68. The van der Waals surface area contributed by atoms with E-state index in [0.29, 0.717) is 21.3 Å². The van der Waals surface area contributed by atoms with Gasteiger partial charge in [0, 0.05) is 24.3 Å². The number of amides is 2. The van der Waals surface area contributed by atoms with Crippen LogP contribution in [0, 0.1) is 24.7 Å². The van der Waals surface area contributed by atoms with Crippen molar-refractivity contribution in [1.82, 2.24) is 5.32 Å². The lowest BCUT2D eigenvalue weighted by Gasteiger charge is -2.31. The zero-order valence-corrected chi connectivity index (χ0v) is 18.3. The van der Waals surface area contributed by atoms with Gasteiger partial charge in [0.25, 0.3) is 5.91 Å². The predicted octanol–water partition coefficient (Wildman–Crippen LogP) is 4.15. The van der Waals surface area contributed by atoms with Crippen LogP contribution >= 0.6 is 11.3 Å². The molecule has 0 saturated carbocycles. The largest absolute Gasteiger partial charge is 0.337 e. The fourth-order valence-corrected chi connectivity index (χ4v) is 4.07. The number of terminal acetylenes is 1. The number of amidine groups is 1. The van der Waals surface area contributed by atoms with Gasteiger partial charge in [0.2, 0.25) is 5.91 Å². The van der Waals surface area contributed by atoms with Crippen LogP contribution in [-0.2, 0) is 4.79 Å². The molecule has 0 aliphatic carbocycles. The normalized spacial score (nSPS) is 14.2. The number of hydrogen-bond acceptors (Lipinski definition) is 4. The zero-order chi connectivity index (χ0) is 21.9. The second-order valence-corrected chi connectivity index (χ2v) is 8.98. The maximum atomic E-state index is 12.8. The SMILES string of the molecule is C#Cc1ccc(C(=O)NC(C)(C)C(=O)Nc2ccc(N3CCCCC3=N)c(C)c2)s1. The third kappa shape index (κ3) is 4.71. The van der Waals surface area contributed by atoms with Gasteiger partial charge in [-0.1, -0.05) is 5.92 Å². The van der Waals surface area contributed by atoms with Crippen molar-refractivity contribution in [3.05, 3.63) is 45.6 Å². The van der Waals surface area contributed by atoms with Crippen molar-refractivity contribution < 1.29 is 9.59 Å². The molecule has 1 aliphatic rings. The first-order valence-electron chi connectivity index (χ1n) is 9.87. The number of anilines is 2. The molecule has 156 valence electrons. The number of piperidine rings is 1. The quantitative estimate of drug-likeness (QED) is 0.633. The van der Waals surface area contributed by atoms with E-state index in [4.69, 9.17) is 11.8 Å². The topological polar surface area (TPSA) is 85.3 Å². The monoisotopic (exact) mass is 422 g/mol. The molecule has 0 spiro atoms. The molecule has 7 heteroatoms. The molecule has 0 atom stereocenters. The summed E-state index contributed by atoms with van der Waals surface area (Å²) in [5, 5.41) is 13.8. The molecule has 6 nitrogen and oxygen atoms in total. The molecule has 30 heavy (non-hydrogen) atoms. The number of hydrogen-bond donors (Lipinski definition) is 3. The van der Waals surface area contributed by atoms with Crippen molar-refractivity contribution >= 4 is 40.4 Å². The third-order valence-corrected chi connectivity index (χ3v) is 6.10. The summed E-state index contributed by atoms with van der Waals surface area (Å²) in [6.45, 7) is 6.13. The molecular weight excluding hydrogens is 396 g/mol. The molecule has 3 N–H and O–H groups in total. The summed E-state index contributed by atoms with van der Waals surface area (Å²) in [6.07, 6.45) is 8.27. The van der Waals surface area contributed by atoms with Crippen LogP contribution < -0.4 is 15.5 Å². The predicted molar refractivity (Wildman–Crippen MR) is 123 cm³/mol. The average molecular weight is 423 g/mol. The van der Waals surface area contributed by atoms with Crippen LogP contribution in [0.15, 0.2) is 30.3 Å². The Morgan fingerprint density at radius 3 is 2.63 bits per heavy atom. The van der Waals surface area contributed by atoms with Crippen LogP contribution in [0.2, 0.25) is 0 Å². The van der Waals surface area contributed by atoms with E-state index in [1.807, 2.05) is 30.0 Å². The van der Waals surface area contributed by atoms with Crippen molar-refractivity contribution in [2.75, 3.05) is 16.8 Å². The highest BCUT2D eigenvalue weighted by Gasteiger charge is 2.30. The Bertz CT molecular complexity index is 1030. The Hall–Kier alpha value is -3.11. The second kappa shape index (κ2) is 8.72. The molecule has 1 aromatic heterocycles. The van der Waals surface area contributed by atoms with Gasteiger partial charge in [-0.05, 0) is 69.5 Å². The molecule has 2 heterocycles. The van der Waals surface area contributed by atoms with Gasteiger partial charge in [-0.2, -0.15) is 0 Å². The lowest BCUT2D eigenvalue weighted by molar-refractivity contribution is -0.120. The highest BCUT2D eigenvalue weighted by Crippen LogP contribution is 2.27. The fourth-order valence-electron chi connectivity index (χ4n) is 3.36. The van der Waals surface area contributed by atoms with Gasteiger partial charge in [-0.25, -0.2) is 0 Å². The molecular formula is C23H26N4O2S. The summed E-state index contributed by atoms with van der Waals surface area (Å²) in [6, 6.07) is 9.02. The number of nitrogens with zero attached hydrogens (tertiary/aromatic N) is 1. The molecule has 1 aromatic carbocycles. The van der Waals surface area contributed by atoms with Crippen LogP contribution in [0.5, 0.6) is 0 Å². The number of aryl methyl sites for hydroxylation is 1. The van der Waals surface area contributed by atoms with E-state index in [1.54, 1.807) is 26.0 Å². The van der Waals surface area contributed by atoms with Gasteiger partial charge in [0.1, 0.15) is 11.4 Å². The van der Waals surface area contributed by atoms with Gasteiger partial charge in [0.15, 0.2) is 0 Å². The van der Waals surface area contributed by atoms with Crippen molar-refractivity contribution in [2.24, 2.45) is 0 Å². The van der Waals surface area contributed by atoms with E-state index in [-0.39, 0.29) is 11.8 Å². The van der Waals surface area contributed by atoms with Crippen LogP contribution in [-0.4, -0.2) is 29.7 Å². The maximum Gasteiger partial charge on any atom is 0.262 e. The Labute approximate surface area is 181 Å². The Kier molecular flexibility index (Phi) is 6.28. The van der Waals surface area contributed by atoms with E-state index in [0.717, 1.165) is 37.1 Å².